The van der Waals surface area contributed by atoms with Gasteiger partial charge in [-0.25, -0.2) is 24.5 Å². The molecule has 0 fully saturated rings. The average Bonchev–Trinajstić information content (AvgIpc) is 1.68. The Morgan fingerprint density at radius 1 is 0.687 bits per heavy atom. The summed E-state index contributed by atoms with van der Waals surface area (Å²) in [6.45, 7) is 17.9. The van der Waals surface area contributed by atoms with Crippen LogP contribution in [0.3, 0.4) is 0 Å². The summed E-state index contributed by atoms with van der Waals surface area (Å²) in [6.07, 6.45) is 3.03. The van der Waals surface area contributed by atoms with E-state index in [1.54, 1.807) is 110 Å². The van der Waals surface area contributed by atoms with Gasteiger partial charge in [0.25, 0.3) is 17.7 Å². The summed E-state index contributed by atoms with van der Waals surface area (Å²) in [7, 11) is 4.83. The summed E-state index contributed by atoms with van der Waals surface area (Å²) in [5.74, 6) is 1.00. The number of nitrogen functional groups attached to an aromatic ring is 1. The van der Waals surface area contributed by atoms with Crippen LogP contribution in [0, 0.1) is 34.0 Å². The van der Waals surface area contributed by atoms with Crippen LogP contribution in [0.1, 0.15) is 127 Å². The van der Waals surface area contributed by atoms with Crippen molar-refractivity contribution in [3.05, 3.63) is 147 Å². The fourth-order valence-electron chi connectivity index (χ4n) is 9.87. The second-order valence-corrected chi connectivity index (χ2v) is 25.5. The molecule has 8 N–H and O–H groups in total. The quantitative estimate of drug-likeness (QED) is 0.0523. The van der Waals surface area contributed by atoms with Crippen molar-refractivity contribution in [2.45, 2.75) is 111 Å². The number of aromatic nitrogens is 9. The van der Waals surface area contributed by atoms with Crippen LogP contribution < -0.4 is 47.4 Å². The summed E-state index contributed by atoms with van der Waals surface area (Å²) in [5, 5.41) is 59.0. The number of carbonyl (C=O) groups is 5. The van der Waals surface area contributed by atoms with E-state index < -0.39 is 29.3 Å². The Labute approximate surface area is 574 Å². The van der Waals surface area contributed by atoms with Gasteiger partial charge in [-0.05, 0) is 115 Å². The molecule has 2 aliphatic rings. The number of ether oxygens (including phenoxy) is 5. The number of carbonyl (C=O) groups excluding carboxylic acids is 5. The lowest BCUT2D eigenvalue weighted by molar-refractivity contribution is 0.0577. The van der Waals surface area contributed by atoms with Gasteiger partial charge in [0.2, 0.25) is 0 Å². The van der Waals surface area contributed by atoms with Crippen molar-refractivity contribution in [3.8, 4) is 18.2 Å². The molecule has 3 atom stereocenters. The number of nitriles is 3. The van der Waals surface area contributed by atoms with Crippen molar-refractivity contribution >= 4 is 105 Å². The van der Waals surface area contributed by atoms with Crippen molar-refractivity contribution in [3.63, 3.8) is 0 Å². The Hall–Kier alpha value is -11.7. The first-order valence-corrected chi connectivity index (χ1v) is 31.4. The van der Waals surface area contributed by atoms with Crippen molar-refractivity contribution in [2.75, 3.05) is 72.4 Å². The summed E-state index contributed by atoms with van der Waals surface area (Å²) in [5.41, 5.74) is 11.4. The molecule has 514 valence electrons. The fourth-order valence-corrected chi connectivity index (χ4v) is 10.1. The van der Waals surface area contributed by atoms with Crippen molar-refractivity contribution < 1.29 is 47.7 Å². The highest BCUT2D eigenvalue weighted by atomic mass is 35.5. The summed E-state index contributed by atoms with van der Waals surface area (Å²) in [6, 6.07) is 26.3. The van der Waals surface area contributed by atoms with E-state index >= 15 is 0 Å². The van der Waals surface area contributed by atoms with Gasteiger partial charge in [-0.2, -0.15) is 44.6 Å². The van der Waals surface area contributed by atoms with Crippen molar-refractivity contribution in [1.82, 2.24) is 59.7 Å². The van der Waals surface area contributed by atoms with E-state index in [1.165, 1.54) is 50.5 Å². The molecule has 3 aromatic carbocycles. The molecule has 0 saturated heterocycles. The highest BCUT2D eigenvalue weighted by Gasteiger charge is 2.29. The number of nitrogens with two attached hydrogens (primary N) is 1. The average molecular weight is 1370 g/mol. The van der Waals surface area contributed by atoms with E-state index in [4.69, 9.17) is 46.3 Å². The molecule has 0 spiro atoms. The number of fused-ring (bicyclic) bond motifs is 7. The first-order valence-electron chi connectivity index (χ1n) is 31.0. The minimum absolute atomic E-state index is 0.0838. The van der Waals surface area contributed by atoms with Crippen LogP contribution in [-0.4, -0.2) is 144 Å². The standard InChI is InChI=1S/C24H28ClN7O4.C24H27N7O4.C19H19N7O2/c1-14(12-35-13-15-6-7-16(10-26)18(27)8-15)29-22(33)17-11-28-32-20(9-19(25)30-21(17)32)31(5)23(34)36-24(2,3)4;1-14-12-34-13-15-6-7-16(10-25)18(8-15)28-19-9-20(30(5)23(33)35-24(2,3)4)31-21(29-19)17(11-26-31)22(32)27-14;1-11-9-28-10-12-3-4-13(7-20)15(5-12)24-16-6-17(21-2)26-18(25-16)14(8-22-26)19(27)23-11/h6-9,11,14H,12-13,27H2,1-5H3,(H,29,33);6-9,11,14H,12-13H2,1-5H3,(H,27,32)(H,28,29);3-6,8,11,21H,9-10H2,1-2H3,(H,23,27)(H,24,25)/t2*14-;11-/m111/s1. The second-order valence-electron chi connectivity index (χ2n) is 25.1. The normalized spacial score (nSPS) is 14.8. The number of hydrogen-bond donors (Lipinski definition) is 7. The lowest BCUT2D eigenvalue weighted by Crippen LogP contribution is -2.36. The number of halogens is 1. The van der Waals surface area contributed by atoms with Gasteiger partial charge in [-0.3, -0.25) is 24.2 Å². The molecule has 99 heavy (non-hydrogen) atoms. The first kappa shape index (κ1) is 71.6. The molecule has 2 aliphatic heterocycles. The van der Waals surface area contributed by atoms with Gasteiger partial charge in [-0.15, -0.1) is 0 Å². The molecule has 0 saturated carbocycles. The minimum Gasteiger partial charge on any atom is -0.443 e. The van der Waals surface area contributed by atoms with E-state index in [1.807, 2.05) is 44.2 Å². The zero-order chi connectivity index (χ0) is 71.6. The number of amides is 5. The summed E-state index contributed by atoms with van der Waals surface area (Å²) >= 11 is 6.19. The highest BCUT2D eigenvalue weighted by Crippen LogP contribution is 2.30. The summed E-state index contributed by atoms with van der Waals surface area (Å²) < 4.78 is 32.4. The molecular formula is C67H74ClN21O10. The largest absolute Gasteiger partial charge is 0.443 e. The molecule has 8 heterocycles. The Bertz CT molecular complexity index is 4690. The topological polar surface area (TPSA) is 398 Å². The number of benzene rings is 3. The molecule has 8 bridgehead atoms. The Morgan fingerprint density at radius 2 is 1.17 bits per heavy atom. The molecule has 9 aromatic rings. The predicted octanol–water partition coefficient (Wildman–Crippen LogP) is 8.94. The third-order valence-corrected chi connectivity index (χ3v) is 14.8. The number of nitrogens with one attached hydrogen (secondary N) is 6. The lowest BCUT2D eigenvalue weighted by atomic mass is 10.1. The highest BCUT2D eigenvalue weighted by molar-refractivity contribution is 6.30. The SMILES string of the molecule is CNc1cc2nc3c(cnn13)C(=O)N[C@H](C)COCc1ccc(C#N)c(c1)N2.C[C@@H]1COCc2ccc(C#N)c(c2)Nc2cc(N(C)C(=O)OC(C)(C)C)n3ncc(c3n2)C(=O)N1.C[C@H](COCc1ccc(C#N)c(N)c1)NC(=O)c1cnn2c(N(C)C(=O)OC(C)(C)C)cc(Cl)nc12. The van der Waals surface area contributed by atoms with E-state index in [9.17, 15) is 34.5 Å². The Balaban J connectivity index is 0.000000175. The van der Waals surface area contributed by atoms with Crippen LogP contribution in [0.15, 0.2) is 91.4 Å². The maximum absolute atomic E-state index is 13.0. The van der Waals surface area contributed by atoms with Crippen LogP contribution in [0.25, 0.3) is 16.9 Å². The molecule has 31 nitrogen and oxygen atoms in total. The van der Waals surface area contributed by atoms with Crippen LogP contribution in [-0.2, 0) is 43.5 Å². The van der Waals surface area contributed by atoms with E-state index in [0.29, 0.717) is 94.7 Å². The second kappa shape index (κ2) is 30.6. The Morgan fingerprint density at radius 3 is 1.69 bits per heavy atom. The fraction of sp³-hybridized carbons (Fsp3) is 0.343. The molecule has 32 heteroatoms. The summed E-state index contributed by atoms with van der Waals surface area (Å²) in [4.78, 5) is 79.9. The van der Waals surface area contributed by atoms with Gasteiger partial charge in [0.15, 0.2) is 16.9 Å². The third kappa shape index (κ3) is 17.7. The van der Waals surface area contributed by atoms with Gasteiger partial charge < -0.3 is 61.3 Å². The number of rotatable bonds is 9. The molecule has 6 aromatic heterocycles. The van der Waals surface area contributed by atoms with Crippen LogP contribution >= 0.6 is 11.6 Å². The molecular weight excluding hydrogens is 1290 g/mol. The zero-order valence-corrected chi connectivity index (χ0v) is 57.2. The molecule has 5 amide bonds. The van der Waals surface area contributed by atoms with E-state index in [2.05, 4.69) is 74.3 Å². The van der Waals surface area contributed by atoms with Gasteiger partial charge in [-0.1, -0.05) is 29.8 Å². The van der Waals surface area contributed by atoms with E-state index in [-0.39, 0.29) is 76.5 Å². The van der Waals surface area contributed by atoms with Crippen LogP contribution in [0.2, 0.25) is 5.15 Å². The lowest BCUT2D eigenvalue weighted by Gasteiger charge is -2.25. The number of anilines is 8. The third-order valence-electron chi connectivity index (χ3n) is 14.6. The first-order chi connectivity index (χ1) is 47.0. The van der Waals surface area contributed by atoms with Crippen LogP contribution in [0.5, 0.6) is 0 Å². The number of hydrogen-bond acceptors (Lipinski definition) is 23. The molecule has 11 rings (SSSR count). The molecule has 0 unspecified atom stereocenters. The molecule has 0 aliphatic carbocycles. The monoisotopic (exact) mass is 1370 g/mol. The van der Waals surface area contributed by atoms with Gasteiger partial charge in [0.05, 0.1) is 86.3 Å². The predicted molar refractivity (Wildman–Crippen MR) is 367 cm³/mol. The van der Waals surface area contributed by atoms with Gasteiger partial charge in [0.1, 0.15) is 80.3 Å². The van der Waals surface area contributed by atoms with Gasteiger partial charge >= 0.3 is 12.2 Å². The van der Waals surface area contributed by atoms with Crippen molar-refractivity contribution in [2.24, 2.45) is 0 Å². The van der Waals surface area contributed by atoms with Crippen molar-refractivity contribution in [1.29, 1.82) is 15.8 Å². The van der Waals surface area contributed by atoms with Crippen LogP contribution in [0.4, 0.5) is 55.7 Å². The van der Waals surface area contributed by atoms with Gasteiger partial charge in [0, 0.05) is 63.2 Å². The maximum atomic E-state index is 13.0. The smallest absolute Gasteiger partial charge is 0.415 e. The zero-order valence-electron chi connectivity index (χ0n) is 56.4. The number of nitrogens with zero attached hydrogens (tertiary/aromatic N) is 14. The molecule has 0 radical (unpaired) electrons. The van der Waals surface area contributed by atoms with E-state index in [0.717, 1.165) is 16.7 Å². The minimum atomic E-state index is -0.707. The maximum Gasteiger partial charge on any atom is 0.415 e. The Kier molecular flexibility index (Phi) is 22.1.